The molecule has 4 atom stereocenters. The van der Waals surface area contributed by atoms with E-state index in [1.807, 2.05) is 30.3 Å². The van der Waals surface area contributed by atoms with Gasteiger partial charge < -0.3 is 4.90 Å². The molecule has 1 aromatic carbocycles. The van der Waals surface area contributed by atoms with Crippen LogP contribution in [0.5, 0.6) is 0 Å². The third-order valence-electron chi connectivity index (χ3n) is 4.03. The van der Waals surface area contributed by atoms with E-state index in [0.717, 1.165) is 31.0 Å². The lowest BCUT2D eigenvalue weighted by molar-refractivity contribution is -0.121. The lowest BCUT2D eigenvalue weighted by Crippen LogP contribution is -2.32. The van der Waals surface area contributed by atoms with E-state index < -0.39 is 10.8 Å². The lowest BCUT2D eigenvalue weighted by atomic mass is 9.90. The minimum Gasteiger partial charge on any atom is -0.302 e. The summed E-state index contributed by atoms with van der Waals surface area (Å²) in [5.74, 6) is 1.01. The van der Waals surface area contributed by atoms with Crippen LogP contribution in [0.15, 0.2) is 35.2 Å². The van der Waals surface area contributed by atoms with Crippen molar-refractivity contribution in [3.8, 4) is 0 Å². The molecule has 96 valence electrons. The zero-order chi connectivity index (χ0) is 12.5. The normalized spacial score (nSPS) is 31.4. The van der Waals surface area contributed by atoms with Crippen molar-refractivity contribution in [1.82, 2.24) is 4.90 Å². The summed E-state index contributed by atoms with van der Waals surface area (Å²) in [6.45, 7) is 3.08. The van der Waals surface area contributed by atoms with Gasteiger partial charge in [0.05, 0.1) is 16.6 Å². The van der Waals surface area contributed by atoms with Crippen LogP contribution in [0, 0.1) is 11.8 Å². The van der Waals surface area contributed by atoms with Gasteiger partial charge in [0, 0.05) is 23.9 Å². The van der Waals surface area contributed by atoms with E-state index in [4.69, 9.17) is 0 Å². The van der Waals surface area contributed by atoms with E-state index in [2.05, 4.69) is 4.90 Å². The number of hydrogen-bond donors (Lipinski definition) is 0. The molecule has 0 amide bonds. The molecule has 3 rings (SSSR count). The highest BCUT2D eigenvalue weighted by Crippen LogP contribution is 2.33. The number of carbonyl (C=O) groups is 1. The van der Waals surface area contributed by atoms with E-state index >= 15 is 0 Å². The molecule has 2 fully saturated rings. The lowest BCUT2D eigenvalue weighted by Gasteiger charge is -2.20. The van der Waals surface area contributed by atoms with Crippen molar-refractivity contribution < 1.29 is 9.00 Å². The van der Waals surface area contributed by atoms with E-state index in [0.29, 0.717) is 5.92 Å². The van der Waals surface area contributed by atoms with Gasteiger partial charge in [0.2, 0.25) is 0 Å². The Balaban J connectivity index is 1.63. The molecule has 2 bridgehead atoms. The fraction of sp³-hybridized carbons (Fsp3) is 0.500. The first-order valence-electron chi connectivity index (χ1n) is 6.42. The molecule has 0 radical (unpaired) electrons. The first-order chi connectivity index (χ1) is 8.74. The molecule has 1 aromatic rings. The molecule has 0 spiro atoms. The molecule has 0 saturated carbocycles. The first-order valence-corrected chi connectivity index (χ1v) is 7.74. The van der Waals surface area contributed by atoms with Gasteiger partial charge in [-0.3, -0.25) is 9.00 Å². The predicted molar refractivity (Wildman–Crippen MR) is 70.8 cm³/mol. The Morgan fingerprint density at radius 1 is 1.28 bits per heavy atom. The maximum absolute atomic E-state index is 12.2. The minimum atomic E-state index is -1.18. The Morgan fingerprint density at radius 2 is 2.06 bits per heavy atom. The van der Waals surface area contributed by atoms with Gasteiger partial charge in [-0.15, -0.1) is 0 Å². The second-order valence-electron chi connectivity index (χ2n) is 5.18. The first kappa shape index (κ1) is 12.1. The SMILES string of the molecule is O=C(CS(=O)c1ccccc1)[C@@H]1CN2CC[C@H]1C2. The Labute approximate surface area is 110 Å². The number of Topliss-reactive ketones (excluding diaryl/α,β-unsaturated/α-hetero) is 1. The highest BCUT2D eigenvalue weighted by Gasteiger charge is 2.41. The van der Waals surface area contributed by atoms with Crippen LogP contribution in [0.3, 0.4) is 0 Å². The Morgan fingerprint density at radius 3 is 2.67 bits per heavy atom. The Bertz CT molecular complexity index is 474. The van der Waals surface area contributed by atoms with E-state index in [-0.39, 0.29) is 17.5 Å². The molecule has 0 aliphatic carbocycles. The second-order valence-corrected chi connectivity index (χ2v) is 6.64. The van der Waals surface area contributed by atoms with Crippen LogP contribution >= 0.6 is 0 Å². The third kappa shape index (κ3) is 2.27. The average molecular weight is 263 g/mol. The Kier molecular flexibility index (Phi) is 3.31. The molecule has 0 aromatic heterocycles. The molecule has 18 heavy (non-hydrogen) atoms. The molecule has 0 N–H and O–H groups in total. The average Bonchev–Trinajstić information content (AvgIpc) is 3.02. The van der Waals surface area contributed by atoms with Gasteiger partial charge in [-0.2, -0.15) is 0 Å². The standard InChI is InChI=1S/C14H17NO2S/c16-14(13-9-15-7-6-11(13)8-15)10-18(17)12-4-2-1-3-5-12/h1-5,11,13H,6-10H2/t11-,13+,18?/m0/s1. The number of carbonyl (C=O) groups excluding carboxylic acids is 1. The molecule has 2 heterocycles. The molecule has 4 heteroatoms. The zero-order valence-electron chi connectivity index (χ0n) is 10.2. The fourth-order valence-corrected chi connectivity index (χ4v) is 4.14. The number of fused-ring (bicyclic) bond motifs is 2. The van der Waals surface area contributed by atoms with Crippen molar-refractivity contribution in [2.24, 2.45) is 11.8 Å². The van der Waals surface area contributed by atoms with Gasteiger partial charge in [0.1, 0.15) is 5.78 Å². The summed E-state index contributed by atoms with van der Waals surface area (Å²) < 4.78 is 12.1. The van der Waals surface area contributed by atoms with Crippen molar-refractivity contribution >= 4 is 16.6 Å². The molecule has 2 unspecified atom stereocenters. The topological polar surface area (TPSA) is 37.4 Å². The molecular formula is C14H17NO2S. The number of hydrogen-bond acceptors (Lipinski definition) is 3. The molecule has 3 nitrogen and oxygen atoms in total. The smallest absolute Gasteiger partial charge is 0.150 e. The summed E-state index contributed by atoms with van der Waals surface area (Å²) in [6, 6.07) is 9.27. The molecule has 2 saturated heterocycles. The van der Waals surface area contributed by atoms with E-state index in [9.17, 15) is 9.00 Å². The second kappa shape index (κ2) is 4.94. The summed E-state index contributed by atoms with van der Waals surface area (Å²) in [4.78, 5) is 15.3. The summed E-state index contributed by atoms with van der Waals surface area (Å²) in [6.07, 6.45) is 1.13. The van der Waals surface area contributed by atoms with Gasteiger partial charge in [-0.05, 0) is 31.0 Å². The summed E-state index contributed by atoms with van der Waals surface area (Å²) in [5.41, 5.74) is 0. The number of ketones is 1. The minimum absolute atomic E-state index is 0.131. The predicted octanol–water partition coefficient (Wildman–Crippen LogP) is 1.32. The highest BCUT2D eigenvalue weighted by atomic mass is 32.2. The van der Waals surface area contributed by atoms with E-state index in [1.54, 1.807) is 0 Å². The molecular weight excluding hydrogens is 246 g/mol. The monoisotopic (exact) mass is 263 g/mol. The molecule has 2 aliphatic rings. The van der Waals surface area contributed by atoms with Crippen molar-refractivity contribution in [2.75, 3.05) is 25.4 Å². The van der Waals surface area contributed by atoms with Crippen LogP contribution in [0.1, 0.15) is 6.42 Å². The molecule has 2 aliphatic heterocycles. The van der Waals surface area contributed by atoms with Gasteiger partial charge in [0.15, 0.2) is 0 Å². The largest absolute Gasteiger partial charge is 0.302 e. The third-order valence-corrected chi connectivity index (χ3v) is 5.37. The number of nitrogens with zero attached hydrogens (tertiary/aromatic N) is 1. The van der Waals surface area contributed by atoms with Crippen LogP contribution < -0.4 is 0 Å². The van der Waals surface area contributed by atoms with Crippen LogP contribution in [-0.4, -0.2) is 40.3 Å². The maximum Gasteiger partial charge on any atom is 0.150 e. The van der Waals surface area contributed by atoms with Gasteiger partial charge in [0.25, 0.3) is 0 Å². The quantitative estimate of drug-likeness (QED) is 0.822. The van der Waals surface area contributed by atoms with Crippen molar-refractivity contribution in [3.63, 3.8) is 0 Å². The Hall–Kier alpha value is -1.00. The van der Waals surface area contributed by atoms with Crippen LogP contribution in [-0.2, 0) is 15.6 Å². The van der Waals surface area contributed by atoms with Crippen LogP contribution in [0.2, 0.25) is 0 Å². The van der Waals surface area contributed by atoms with Gasteiger partial charge in [-0.25, -0.2) is 0 Å². The summed E-state index contributed by atoms with van der Waals surface area (Å²) >= 11 is 0. The van der Waals surface area contributed by atoms with Gasteiger partial charge >= 0.3 is 0 Å². The van der Waals surface area contributed by atoms with Crippen LogP contribution in [0.4, 0.5) is 0 Å². The van der Waals surface area contributed by atoms with E-state index in [1.165, 1.54) is 0 Å². The summed E-state index contributed by atoms with van der Waals surface area (Å²) in [5, 5.41) is 0. The summed E-state index contributed by atoms with van der Waals surface area (Å²) in [7, 11) is -1.18. The number of rotatable bonds is 4. The van der Waals surface area contributed by atoms with Crippen molar-refractivity contribution in [3.05, 3.63) is 30.3 Å². The zero-order valence-corrected chi connectivity index (χ0v) is 11.1. The van der Waals surface area contributed by atoms with Crippen LogP contribution in [0.25, 0.3) is 0 Å². The number of piperidine rings is 1. The fourth-order valence-electron chi connectivity index (χ4n) is 3.04. The van der Waals surface area contributed by atoms with Crippen molar-refractivity contribution in [1.29, 1.82) is 0 Å². The van der Waals surface area contributed by atoms with Crippen molar-refractivity contribution in [2.45, 2.75) is 11.3 Å². The highest BCUT2D eigenvalue weighted by molar-refractivity contribution is 7.85. The maximum atomic E-state index is 12.2. The number of benzene rings is 1. The van der Waals surface area contributed by atoms with Gasteiger partial charge in [-0.1, -0.05) is 18.2 Å².